The maximum Gasteiger partial charge on any atom is 0.343 e. The molecule has 0 radical (unpaired) electrons. The highest BCUT2D eigenvalue weighted by atomic mass is 16.6. The van der Waals surface area contributed by atoms with Gasteiger partial charge in [0.05, 0.1) is 37.6 Å². The van der Waals surface area contributed by atoms with Crippen molar-refractivity contribution >= 4 is 23.6 Å². The molecule has 0 saturated heterocycles. The Morgan fingerprint density at radius 1 is 0.667 bits per heavy atom. The van der Waals surface area contributed by atoms with Crippen LogP contribution in [-0.4, -0.2) is 64.6 Å². The van der Waals surface area contributed by atoms with Crippen LogP contribution in [0.5, 0.6) is 5.75 Å². The number of hydrogen-bond donors (Lipinski definition) is 1. The average molecular weight is 534 g/mol. The zero-order valence-electron chi connectivity index (χ0n) is 21.7. The van der Waals surface area contributed by atoms with Crippen molar-refractivity contribution < 1.29 is 38.1 Å². The largest absolute Gasteiger partial charge is 0.460 e. The van der Waals surface area contributed by atoms with Crippen LogP contribution in [0.15, 0.2) is 85.5 Å². The maximum atomic E-state index is 12.4. The van der Waals surface area contributed by atoms with Crippen LogP contribution in [0, 0.1) is 0 Å². The van der Waals surface area contributed by atoms with E-state index in [2.05, 4.69) is 11.9 Å². The monoisotopic (exact) mass is 533 g/mol. The number of rotatable bonds is 15. The number of esters is 3. The lowest BCUT2D eigenvalue weighted by atomic mass is 10.0. The van der Waals surface area contributed by atoms with Gasteiger partial charge in [-0.1, -0.05) is 30.8 Å². The minimum atomic E-state index is -0.493. The third-order valence-electron chi connectivity index (χ3n) is 5.40. The Bertz CT molecular complexity index is 1220. The fourth-order valence-corrected chi connectivity index (χ4v) is 3.31. The van der Waals surface area contributed by atoms with Gasteiger partial charge in [-0.3, -0.25) is 0 Å². The molecule has 0 aliphatic rings. The summed E-state index contributed by atoms with van der Waals surface area (Å²) in [5.41, 5.74) is 3.59. The Hall–Kier alpha value is -4.47. The van der Waals surface area contributed by atoms with Crippen molar-refractivity contribution in [1.29, 1.82) is 0 Å². The molecule has 0 spiro atoms. The molecule has 0 heterocycles. The van der Waals surface area contributed by atoms with Gasteiger partial charge in [0.2, 0.25) is 0 Å². The Balaban J connectivity index is 1.36. The van der Waals surface area contributed by atoms with Gasteiger partial charge >= 0.3 is 17.9 Å². The molecule has 3 aromatic rings. The van der Waals surface area contributed by atoms with E-state index in [-0.39, 0.29) is 26.4 Å². The molecule has 0 bridgehead atoms. The predicted octanol–water partition coefficient (Wildman–Crippen LogP) is 4.53. The Morgan fingerprint density at radius 3 is 1.72 bits per heavy atom. The van der Waals surface area contributed by atoms with Gasteiger partial charge in [-0.25, -0.2) is 14.4 Å². The summed E-state index contributed by atoms with van der Waals surface area (Å²) in [6.07, 6.45) is 1.09. The highest BCUT2D eigenvalue weighted by molar-refractivity contribution is 5.91. The summed E-state index contributed by atoms with van der Waals surface area (Å²) < 4.78 is 26.1. The quantitative estimate of drug-likeness (QED) is 0.130. The van der Waals surface area contributed by atoms with Crippen molar-refractivity contribution in [2.24, 2.45) is 0 Å². The van der Waals surface area contributed by atoms with E-state index in [1.54, 1.807) is 48.5 Å². The van der Waals surface area contributed by atoms with Crippen LogP contribution in [0.1, 0.15) is 20.7 Å². The van der Waals surface area contributed by atoms with Crippen molar-refractivity contribution in [1.82, 2.24) is 0 Å². The molecule has 0 amide bonds. The van der Waals surface area contributed by atoms with E-state index in [4.69, 9.17) is 23.7 Å². The standard InChI is InChI=1S/C30H31NO8/c1-3-28(32)37-20-18-35-16-17-36-19-21-38-29(33)24-6-4-22(5-7-24)23-10-14-27(15-11-23)39-30(34)25-8-12-26(31-2)13-9-25/h3-15,31H,1,16-21H2,2H3. The van der Waals surface area contributed by atoms with Crippen LogP contribution in [0.25, 0.3) is 11.1 Å². The molecular formula is C30H31NO8. The molecule has 0 saturated carbocycles. The van der Waals surface area contributed by atoms with Gasteiger partial charge in [-0.15, -0.1) is 0 Å². The Morgan fingerprint density at radius 2 is 1.15 bits per heavy atom. The summed E-state index contributed by atoms with van der Waals surface area (Å²) in [6, 6.07) is 21.2. The lowest BCUT2D eigenvalue weighted by molar-refractivity contribution is -0.139. The molecule has 9 heteroatoms. The van der Waals surface area contributed by atoms with Crippen molar-refractivity contribution in [2.75, 3.05) is 52.0 Å². The van der Waals surface area contributed by atoms with Crippen LogP contribution < -0.4 is 10.1 Å². The molecule has 0 atom stereocenters. The molecular weight excluding hydrogens is 502 g/mol. The number of benzene rings is 3. The summed E-state index contributed by atoms with van der Waals surface area (Å²) in [5.74, 6) is -0.941. The Labute approximate surface area is 227 Å². The predicted molar refractivity (Wildman–Crippen MR) is 146 cm³/mol. The third kappa shape index (κ3) is 9.73. The summed E-state index contributed by atoms with van der Waals surface area (Å²) in [6.45, 7) is 4.70. The van der Waals surface area contributed by atoms with Gasteiger partial charge in [0, 0.05) is 18.8 Å². The minimum absolute atomic E-state index is 0.108. The van der Waals surface area contributed by atoms with E-state index in [1.807, 2.05) is 31.3 Å². The van der Waals surface area contributed by atoms with Crippen LogP contribution in [-0.2, 0) is 23.7 Å². The van der Waals surface area contributed by atoms with E-state index in [0.717, 1.165) is 22.9 Å². The van der Waals surface area contributed by atoms with Gasteiger partial charge in [0.15, 0.2) is 0 Å². The number of nitrogens with one attached hydrogen (secondary N) is 1. The van der Waals surface area contributed by atoms with Gasteiger partial charge in [0.25, 0.3) is 0 Å². The van der Waals surface area contributed by atoms with Crippen molar-refractivity contribution in [2.45, 2.75) is 0 Å². The third-order valence-corrected chi connectivity index (χ3v) is 5.40. The average Bonchev–Trinajstić information content (AvgIpc) is 2.98. The fraction of sp³-hybridized carbons (Fsp3) is 0.233. The van der Waals surface area contributed by atoms with E-state index in [1.165, 1.54) is 0 Å². The van der Waals surface area contributed by atoms with E-state index in [9.17, 15) is 14.4 Å². The van der Waals surface area contributed by atoms with Crippen LogP contribution in [0.4, 0.5) is 5.69 Å². The lowest BCUT2D eigenvalue weighted by Gasteiger charge is -2.08. The Kier molecular flexibility index (Phi) is 11.7. The molecule has 204 valence electrons. The zero-order valence-corrected chi connectivity index (χ0v) is 21.7. The van der Waals surface area contributed by atoms with E-state index >= 15 is 0 Å². The molecule has 3 rings (SSSR count). The first kappa shape index (κ1) is 29.1. The van der Waals surface area contributed by atoms with Crippen molar-refractivity contribution in [3.8, 4) is 16.9 Å². The normalized spacial score (nSPS) is 10.4. The number of carbonyl (C=O) groups excluding carboxylic acids is 3. The minimum Gasteiger partial charge on any atom is -0.460 e. The number of ether oxygens (including phenoxy) is 5. The smallest absolute Gasteiger partial charge is 0.343 e. The summed E-state index contributed by atoms with van der Waals surface area (Å²) in [5, 5.41) is 3.00. The van der Waals surface area contributed by atoms with Crippen LogP contribution in [0.2, 0.25) is 0 Å². The number of hydrogen-bond acceptors (Lipinski definition) is 9. The fourth-order valence-electron chi connectivity index (χ4n) is 3.31. The molecule has 0 unspecified atom stereocenters. The first-order chi connectivity index (χ1) is 19.0. The second kappa shape index (κ2) is 15.7. The van der Waals surface area contributed by atoms with E-state index in [0.29, 0.717) is 30.1 Å². The molecule has 1 N–H and O–H groups in total. The van der Waals surface area contributed by atoms with Gasteiger partial charge < -0.3 is 29.0 Å². The van der Waals surface area contributed by atoms with Crippen molar-refractivity contribution in [3.63, 3.8) is 0 Å². The summed E-state index contributed by atoms with van der Waals surface area (Å²) >= 11 is 0. The molecule has 9 nitrogen and oxygen atoms in total. The second-order valence-corrected chi connectivity index (χ2v) is 8.05. The number of anilines is 1. The molecule has 39 heavy (non-hydrogen) atoms. The molecule has 3 aromatic carbocycles. The molecule has 0 aliphatic carbocycles. The van der Waals surface area contributed by atoms with Crippen LogP contribution in [0.3, 0.4) is 0 Å². The van der Waals surface area contributed by atoms with Gasteiger partial charge in [-0.05, 0) is 59.7 Å². The van der Waals surface area contributed by atoms with Gasteiger partial charge in [0.1, 0.15) is 19.0 Å². The first-order valence-electron chi connectivity index (χ1n) is 12.3. The molecule has 0 aromatic heterocycles. The molecule has 0 fully saturated rings. The summed E-state index contributed by atoms with van der Waals surface area (Å²) in [4.78, 5) is 35.5. The second-order valence-electron chi connectivity index (χ2n) is 8.05. The summed E-state index contributed by atoms with van der Waals surface area (Å²) in [7, 11) is 1.81. The van der Waals surface area contributed by atoms with Gasteiger partial charge in [-0.2, -0.15) is 0 Å². The topological polar surface area (TPSA) is 109 Å². The lowest BCUT2D eigenvalue weighted by Crippen LogP contribution is -2.14. The first-order valence-corrected chi connectivity index (χ1v) is 12.3. The zero-order chi connectivity index (χ0) is 27.9. The van der Waals surface area contributed by atoms with Crippen LogP contribution >= 0.6 is 0 Å². The number of carbonyl (C=O) groups is 3. The highest BCUT2D eigenvalue weighted by Gasteiger charge is 2.10. The SMILES string of the molecule is C=CC(=O)OCCOCCOCCOC(=O)c1ccc(-c2ccc(OC(=O)c3ccc(NC)cc3)cc2)cc1. The van der Waals surface area contributed by atoms with E-state index < -0.39 is 17.9 Å². The maximum absolute atomic E-state index is 12.4. The highest BCUT2D eigenvalue weighted by Crippen LogP contribution is 2.24. The molecule has 0 aliphatic heterocycles. The van der Waals surface area contributed by atoms with Crippen molar-refractivity contribution in [3.05, 3.63) is 96.6 Å².